The first-order chi connectivity index (χ1) is 9.06. The first-order valence-electron chi connectivity index (χ1n) is 7.34. The van der Waals surface area contributed by atoms with E-state index in [9.17, 15) is 4.79 Å². The SMILES string of the molecule is CCNC(CCN1CC(C)OC(C)C1)C(=O)OCC. The van der Waals surface area contributed by atoms with E-state index in [1.807, 2.05) is 13.8 Å². The molecule has 0 radical (unpaired) electrons. The predicted molar refractivity (Wildman–Crippen MR) is 75.2 cm³/mol. The summed E-state index contributed by atoms with van der Waals surface area (Å²) < 4.78 is 10.8. The fraction of sp³-hybridized carbons (Fsp3) is 0.929. The third kappa shape index (κ3) is 5.89. The molecule has 112 valence electrons. The molecule has 1 aliphatic heterocycles. The second kappa shape index (κ2) is 8.51. The first-order valence-corrected chi connectivity index (χ1v) is 7.34. The van der Waals surface area contributed by atoms with Crippen LogP contribution in [0.3, 0.4) is 0 Å². The van der Waals surface area contributed by atoms with Crippen LogP contribution in [0.25, 0.3) is 0 Å². The van der Waals surface area contributed by atoms with Crippen molar-refractivity contribution in [2.75, 3.05) is 32.8 Å². The van der Waals surface area contributed by atoms with E-state index in [2.05, 4.69) is 24.1 Å². The van der Waals surface area contributed by atoms with Crippen LogP contribution in [0.4, 0.5) is 0 Å². The number of rotatable bonds is 7. The summed E-state index contributed by atoms with van der Waals surface area (Å²) in [5, 5.41) is 3.20. The Hall–Kier alpha value is -0.650. The van der Waals surface area contributed by atoms with Crippen molar-refractivity contribution >= 4 is 5.97 Å². The Morgan fingerprint density at radius 2 is 2.00 bits per heavy atom. The summed E-state index contributed by atoms with van der Waals surface area (Å²) in [5.41, 5.74) is 0. The average molecular weight is 272 g/mol. The quantitative estimate of drug-likeness (QED) is 0.702. The highest BCUT2D eigenvalue weighted by atomic mass is 16.5. The van der Waals surface area contributed by atoms with E-state index in [1.54, 1.807) is 0 Å². The van der Waals surface area contributed by atoms with Gasteiger partial charge >= 0.3 is 5.97 Å². The predicted octanol–water partition coefficient (Wildman–Crippen LogP) is 1.03. The minimum absolute atomic E-state index is 0.140. The molecule has 1 N–H and O–H groups in total. The number of morpholine rings is 1. The van der Waals surface area contributed by atoms with Crippen LogP contribution in [0.15, 0.2) is 0 Å². The molecule has 0 spiro atoms. The number of hydrogen-bond acceptors (Lipinski definition) is 5. The van der Waals surface area contributed by atoms with Gasteiger partial charge in [-0.15, -0.1) is 0 Å². The molecular formula is C14H28N2O3. The van der Waals surface area contributed by atoms with E-state index in [0.717, 1.165) is 32.6 Å². The number of hydrogen-bond donors (Lipinski definition) is 1. The van der Waals surface area contributed by atoms with E-state index < -0.39 is 0 Å². The van der Waals surface area contributed by atoms with Gasteiger partial charge in [0.15, 0.2) is 0 Å². The lowest BCUT2D eigenvalue weighted by atomic mass is 10.1. The maximum absolute atomic E-state index is 11.8. The average Bonchev–Trinajstić information content (AvgIpc) is 2.33. The molecule has 0 aromatic rings. The Morgan fingerprint density at radius 1 is 1.37 bits per heavy atom. The van der Waals surface area contributed by atoms with Crippen molar-refractivity contribution in [1.29, 1.82) is 0 Å². The molecule has 0 bridgehead atoms. The normalized spacial score (nSPS) is 26.1. The lowest BCUT2D eigenvalue weighted by Gasteiger charge is -2.35. The summed E-state index contributed by atoms with van der Waals surface area (Å²) in [5.74, 6) is -0.140. The van der Waals surface area contributed by atoms with Gasteiger partial charge in [0.25, 0.3) is 0 Å². The van der Waals surface area contributed by atoms with Gasteiger partial charge in [0, 0.05) is 19.6 Å². The summed E-state index contributed by atoms with van der Waals surface area (Å²) in [6.07, 6.45) is 1.32. The standard InChI is InChI=1S/C14H28N2O3/c1-5-15-13(14(17)18-6-2)7-8-16-9-11(3)19-12(4)10-16/h11-13,15H,5-10H2,1-4H3. The Balaban J connectivity index is 2.40. The van der Waals surface area contributed by atoms with Gasteiger partial charge in [0.2, 0.25) is 0 Å². The van der Waals surface area contributed by atoms with E-state index >= 15 is 0 Å². The van der Waals surface area contributed by atoms with Crippen LogP contribution in [0.5, 0.6) is 0 Å². The van der Waals surface area contributed by atoms with Crippen LogP contribution >= 0.6 is 0 Å². The molecule has 5 heteroatoms. The molecule has 0 aromatic heterocycles. The highest BCUT2D eigenvalue weighted by Crippen LogP contribution is 2.11. The third-order valence-electron chi connectivity index (χ3n) is 3.25. The fourth-order valence-corrected chi connectivity index (χ4v) is 2.57. The minimum Gasteiger partial charge on any atom is -0.465 e. The Labute approximate surface area is 116 Å². The molecule has 1 rings (SSSR count). The molecule has 0 aliphatic carbocycles. The van der Waals surface area contributed by atoms with Crippen LogP contribution in [-0.4, -0.2) is 61.9 Å². The number of ether oxygens (including phenoxy) is 2. The van der Waals surface area contributed by atoms with Gasteiger partial charge < -0.3 is 14.8 Å². The number of nitrogens with one attached hydrogen (secondary N) is 1. The zero-order chi connectivity index (χ0) is 14.3. The molecular weight excluding hydrogens is 244 g/mol. The van der Waals surface area contributed by atoms with Crippen molar-refractivity contribution in [3.8, 4) is 0 Å². The van der Waals surface area contributed by atoms with Crippen molar-refractivity contribution in [2.45, 2.75) is 52.4 Å². The van der Waals surface area contributed by atoms with E-state index in [-0.39, 0.29) is 24.2 Å². The number of nitrogens with zero attached hydrogens (tertiary/aromatic N) is 1. The maximum Gasteiger partial charge on any atom is 0.323 e. The van der Waals surface area contributed by atoms with Gasteiger partial charge in [-0.1, -0.05) is 6.92 Å². The first kappa shape index (κ1) is 16.4. The second-order valence-electron chi connectivity index (χ2n) is 5.17. The molecule has 1 fully saturated rings. The molecule has 19 heavy (non-hydrogen) atoms. The zero-order valence-corrected chi connectivity index (χ0v) is 12.6. The molecule has 1 saturated heterocycles. The van der Waals surface area contributed by atoms with Gasteiger partial charge in [0.1, 0.15) is 6.04 Å². The van der Waals surface area contributed by atoms with Crippen molar-refractivity contribution < 1.29 is 14.3 Å². The van der Waals surface area contributed by atoms with Crippen molar-refractivity contribution in [1.82, 2.24) is 10.2 Å². The topological polar surface area (TPSA) is 50.8 Å². The summed E-state index contributed by atoms with van der Waals surface area (Å²) >= 11 is 0. The molecule has 5 nitrogen and oxygen atoms in total. The van der Waals surface area contributed by atoms with Crippen molar-refractivity contribution in [3.63, 3.8) is 0 Å². The lowest BCUT2D eigenvalue weighted by Crippen LogP contribution is -2.48. The Morgan fingerprint density at radius 3 is 2.53 bits per heavy atom. The van der Waals surface area contributed by atoms with Gasteiger partial charge in [0.05, 0.1) is 18.8 Å². The van der Waals surface area contributed by atoms with Gasteiger partial charge in [-0.2, -0.15) is 0 Å². The fourth-order valence-electron chi connectivity index (χ4n) is 2.57. The van der Waals surface area contributed by atoms with E-state index in [1.165, 1.54) is 0 Å². The summed E-state index contributed by atoms with van der Waals surface area (Å²) in [4.78, 5) is 14.2. The molecule has 1 heterocycles. The number of carbonyl (C=O) groups excluding carboxylic acids is 1. The van der Waals surface area contributed by atoms with Crippen LogP contribution in [0.2, 0.25) is 0 Å². The van der Waals surface area contributed by atoms with Gasteiger partial charge in [-0.3, -0.25) is 9.69 Å². The Kier molecular flexibility index (Phi) is 7.34. The number of carbonyl (C=O) groups is 1. The van der Waals surface area contributed by atoms with Crippen LogP contribution < -0.4 is 5.32 Å². The summed E-state index contributed by atoms with van der Waals surface area (Å²) in [7, 11) is 0. The maximum atomic E-state index is 11.8. The summed E-state index contributed by atoms with van der Waals surface area (Å²) in [6.45, 7) is 12.0. The lowest BCUT2D eigenvalue weighted by molar-refractivity contribution is -0.146. The molecule has 0 aromatic carbocycles. The highest BCUT2D eigenvalue weighted by molar-refractivity contribution is 5.75. The van der Waals surface area contributed by atoms with E-state index in [0.29, 0.717) is 6.61 Å². The number of esters is 1. The molecule has 0 amide bonds. The minimum atomic E-state index is -0.196. The molecule has 1 aliphatic rings. The van der Waals surface area contributed by atoms with Crippen LogP contribution in [0.1, 0.15) is 34.1 Å². The van der Waals surface area contributed by atoms with Crippen molar-refractivity contribution in [3.05, 3.63) is 0 Å². The largest absolute Gasteiger partial charge is 0.465 e. The monoisotopic (exact) mass is 272 g/mol. The third-order valence-corrected chi connectivity index (χ3v) is 3.25. The van der Waals surface area contributed by atoms with Crippen molar-refractivity contribution in [2.24, 2.45) is 0 Å². The smallest absolute Gasteiger partial charge is 0.323 e. The molecule has 3 unspecified atom stereocenters. The van der Waals surface area contributed by atoms with Crippen LogP contribution in [0, 0.1) is 0 Å². The molecule has 3 atom stereocenters. The van der Waals surface area contributed by atoms with Gasteiger partial charge in [-0.25, -0.2) is 0 Å². The van der Waals surface area contributed by atoms with Crippen LogP contribution in [-0.2, 0) is 14.3 Å². The van der Waals surface area contributed by atoms with E-state index in [4.69, 9.17) is 9.47 Å². The summed E-state index contributed by atoms with van der Waals surface area (Å²) in [6, 6.07) is -0.196. The molecule has 0 saturated carbocycles. The number of likely N-dealkylation sites (N-methyl/N-ethyl adjacent to an activating group) is 1. The van der Waals surface area contributed by atoms with Gasteiger partial charge in [-0.05, 0) is 33.7 Å². The highest BCUT2D eigenvalue weighted by Gasteiger charge is 2.24. The zero-order valence-electron chi connectivity index (χ0n) is 12.6. The Bertz CT molecular complexity index is 263. The second-order valence-corrected chi connectivity index (χ2v) is 5.17.